The number of amidine groups is 1. The van der Waals surface area contributed by atoms with Crippen LogP contribution < -0.4 is 10.2 Å². The van der Waals surface area contributed by atoms with Crippen LogP contribution in [0.5, 0.6) is 0 Å². The fraction of sp³-hybridized carbons (Fsp3) is 0.238. The van der Waals surface area contributed by atoms with Gasteiger partial charge in [-0.05, 0) is 49.8 Å². The predicted octanol–water partition coefficient (Wildman–Crippen LogP) is 3.27. The zero-order valence-corrected chi connectivity index (χ0v) is 17.2. The standard InChI is InChI=1S/C21H21N5O2S/c1-12-4-6-14(7-5-12)18-19(24-13(2)20(27)28-3)25-21(29)26(18)15-8-9-16-17(10-15)23-11-22-16/h4-11,13,18H,1-3H3,(H,22,23)(H,24,25,29). The molecule has 2 aromatic carbocycles. The monoisotopic (exact) mass is 407 g/mol. The Hall–Kier alpha value is -3.26. The highest BCUT2D eigenvalue weighted by Crippen LogP contribution is 2.34. The number of esters is 1. The minimum Gasteiger partial charge on any atom is -0.467 e. The summed E-state index contributed by atoms with van der Waals surface area (Å²) >= 11 is 5.64. The number of aliphatic imine (C=N–C) groups is 1. The summed E-state index contributed by atoms with van der Waals surface area (Å²) in [5.41, 5.74) is 4.87. The number of H-pyrrole nitrogens is 1. The lowest BCUT2D eigenvalue weighted by atomic mass is 10.0. The third-order valence-corrected chi connectivity index (χ3v) is 5.22. The van der Waals surface area contributed by atoms with Crippen LogP contribution in [-0.4, -0.2) is 40.0 Å². The van der Waals surface area contributed by atoms with Gasteiger partial charge in [0, 0.05) is 5.69 Å². The van der Waals surface area contributed by atoms with Crippen LogP contribution in [0.3, 0.4) is 0 Å². The van der Waals surface area contributed by atoms with Crippen LogP contribution in [0.4, 0.5) is 5.69 Å². The zero-order valence-electron chi connectivity index (χ0n) is 16.3. The predicted molar refractivity (Wildman–Crippen MR) is 117 cm³/mol. The third kappa shape index (κ3) is 3.58. The molecule has 2 atom stereocenters. The second-order valence-corrected chi connectivity index (χ2v) is 7.32. The number of aromatic amines is 1. The van der Waals surface area contributed by atoms with Crippen molar-refractivity contribution in [2.75, 3.05) is 12.0 Å². The molecular formula is C21H21N5O2S. The molecule has 29 heavy (non-hydrogen) atoms. The van der Waals surface area contributed by atoms with Gasteiger partial charge in [0.1, 0.15) is 17.9 Å². The van der Waals surface area contributed by atoms with Crippen molar-refractivity contribution in [1.82, 2.24) is 15.3 Å². The number of nitrogens with one attached hydrogen (secondary N) is 2. The molecule has 0 spiro atoms. The Kier molecular flexibility index (Phi) is 5.02. The molecule has 7 nitrogen and oxygen atoms in total. The number of ether oxygens (including phenoxy) is 1. The molecule has 3 aromatic rings. The smallest absolute Gasteiger partial charge is 0.330 e. The van der Waals surface area contributed by atoms with Crippen molar-refractivity contribution in [3.8, 4) is 0 Å². The molecule has 148 valence electrons. The minimum atomic E-state index is -0.646. The van der Waals surface area contributed by atoms with E-state index in [9.17, 15) is 4.79 Å². The molecule has 1 fully saturated rings. The quantitative estimate of drug-likeness (QED) is 0.510. The van der Waals surface area contributed by atoms with E-state index in [1.165, 1.54) is 7.11 Å². The lowest BCUT2D eigenvalue weighted by Crippen LogP contribution is -2.29. The van der Waals surface area contributed by atoms with E-state index in [2.05, 4.69) is 20.3 Å². The van der Waals surface area contributed by atoms with Gasteiger partial charge in [0.2, 0.25) is 0 Å². The molecule has 1 aliphatic rings. The highest BCUT2D eigenvalue weighted by atomic mass is 32.1. The highest BCUT2D eigenvalue weighted by Gasteiger charge is 2.37. The second-order valence-electron chi connectivity index (χ2n) is 6.93. The van der Waals surface area contributed by atoms with Crippen molar-refractivity contribution in [1.29, 1.82) is 0 Å². The van der Waals surface area contributed by atoms with Crippen LogP contribution in [0, 0.1) is 6.92 Å². The number of rotatable bonds is 4. The number of hydrogen-bond donors (Lipinski definition) is 2. The number of hydrogen-bond acceptors (Lipinski definition) is 5. The van der Waals surface area contributed by atoms with E-state index in [-0.39, 0.29) is 6.04 Å². The van der Waals surface area contributed by atoms with Gasteiger partial charge in [0.25, 0.3) is 0 Å². The van der Waals surface area contributed by atoms with Crippen LogP contribution in [-0.2, 0) is 9.53 Å². The van der Waals surface area contributed by atoms with Crippen molar-refractivity contribution in [3.63, 3.8) is 0 Å². The summed E-state index contributed by atoms with van der Waals surface area (Å²) in [5, 5.41) is 3.70. The maximum absolute atomic E-state index is 11.9. The number of benzene rings is 2. The highest BCUT2D eigenvalue weighted by molar-refractivity contribution is 7.80. The molecule has 0 saturated carbocycles. The molecule has 2 N–H and O–H groups in total. The first-order chi connectivity index (χ1) is 14.0. The molecule has 1 saturated heterocycles. The van der Waals surface area contributed by atoms with E-state index < -0.39 is 12.0 Å². The van der Waals surface area contributed by atoms with Gasteiger partial charge in [-0.2, -0.15) is 0 Å². The van der Waals surface area contributed by atoms with Gasteiger partial charge in [-0.15, -0.1) is 0 Å². The molecule has 1 aromatic heterocycles. The van der Waals surface area contributed by atoms with Crippen LogP contribution >= 0.6 is 12.2 Å². The molecule has 0 radical (unpaired) electrons. The molecule has 2 heterocycles. The van der Waals surface area contributed by atoms with E-state index in [4.69, 9.17) is 17.0 Å². The zero-order chi connectivity index (χ0) is 20.5. The maximum Gasteiger partial charge on any atom is 0.330 e. The van der Waals surface area contributed by atoms with Gasteiger partial charge in [-0.25, -0.2) is 9.78 Å². The van der Waals surface area contributed by atoms with Crippen molar-refractivity contribution in [2.45, 2.75) is 25.9 Å². The van der Waals surface area contributed by atoms with Gasteiger partial charge in [-0.3, -0.25) is 4.99 Å². The Labute approximate surface area is 173 Å². The second kappa shape index (κ2) is 7.63. The number of aromatic nitrogens is 2. The molecule has 8 heteroatoms. The number of methoxy groups -OCH3 is 1. The summed E-state index contributed by atoms with van der Waals surface area (Å²) in [5.74, 6) is 0.211. The molecule has 4 rings (SSSR count). The lowest BCUT2D eigenvalue weighted by molar-refractivity contribution is -0.141. The van der Waals surface area contributed by atoms with Crippen LogP contribution in [0.2, 0.25) is 0 Å². The number of anilines is 1. The Morgan fingerprint density at radius 2 is 2.03 bits per heavy atom. The van der Waals surface area contributed by atoms with Crippen LogP contribution in [0.1, 0.15) is 24.1 Å². The Morgan fingerprint density at radius 3 is 2.76 bits per heavy atom. The average molecular weight is 407 g/mol. The fourth-order valence-corrected chi connectivity index (χ4v) is 3.72. The summed E-state index contributed by atoms with van der Waals surface area (Å²) in [4.78, 5) is 26.0. The third-order valence-electron chi connectivity index (χ3n) is 4.92. The number of aryl methyl sites for hydroxylation is 1. The number of carbonyl (C=O) groups excluding carboxylic acids is 1. The van der Waals surface area contributed by atoms with Crippen molar-refractivity contribution < 1.29 is 9.53 Å². The van der Waals surface area contributed by atoms with Gasteiger partial charge < -0.3 is 19.9 Å². The number of fused-ring (bicyclic) bond motifs is 1. The van der Waals surface area contributed by atoms with Crippen molar-refractivity contribution >= 4 is 45.9 Å². The first-order valence-corrected chi connectivity index (χ1v) is 9.64. The Morgan fingerprint density at radius 1 is 1.28 bits per heavy atom. The van der Waals surface area contributed by atoms with Crippen LogP contribution in [0.25, 0.3) is 11.0 Å². The van der Waals surface area contributed by atoms with E-state index in [1.54, 1.807) is 13.3 Å². The molecular weight excluding hydrogens is 386 g/mol. The Balaban J connectivity index is 1.81. The van der Waals surface area contributed by atoms with E-state index in [1.807, 2.05) is 54.3 Å². The lowest BCUT2D eigenvalue weighted by Gasteiger charge is -2.25. The van der Waals surface area contributed by atoms with E-state index in [0.717, 1.165) is 27.8 Å². The van der Waals surface area contributed by atoms with Gasteiger partial charge in [-0.1, -0.05) is 29.8 Å². The van der Waals surface area contributed by atoms with Gasteiger partial charge in [0.15, 0.2) is 5.11 Å². The first-order valence-electron chi connectivity index (χ1n) is 9.23. The summed E-state index contributed by atoms with van der Waals surface area (Å²) in [6.07, 6.45) is 1.66. The topological polar surface area (TPSA) is 82.6 Å². The number of carbonyl (C=O) groups is 1. The number of thiocarbonyl (C=S) groups is 1. The summed E-state index contributed by atoms with van der Waals surface area (Å²) in [6.45, 7) is 3.74. The van der Waals surface area contributed by atoms with Crippen molar-refractivity contribution in [3.05, 3.63) is 59.9 Å². The summed E-state index contributed by atoms with van der Waals surface area (Å²) in [7, 11) is 1.36. The molecule has 2 unspecified atom stereocenters. The normalized spacial score (nSPS) is 18.9. The molecule has 1 aliphatic heterocycles. The molecule has 0 bridgehead atoms. The van der Waals surface area contributed by atoms with Crippen molar-refractivity contribution in [2.24, 2.45) is 4.99 Å². The Bertz CT molecular complexity index is 1110. The number of nitrogens with zero attached hydrogens (tertiary/aromatic N) is 3. The largest absolute Gasteiger partial charge is 0.467 e. The summed E-state index contributed by atoms with van der Waals surface area (Å²) < 4.78 is 4.82. The molecule has 0 aliphatic carbocycles. The molecule has 0 amide bonds. The van der Waals surface area contributed by atoms with Gasteiger partial charge >= 0.3 is 5.97 Å². The van der Waals surface area contributed by atoms with E-state index >= 15 is 0 Å². The minimum absolute atomic E-state index is 0.286. The first kappa shape index (κ1) is 19.1. The van der Waals surface area contributed by atoms with Gasteiger partial charge in [0.05, 0.1) is 24.5 Å². The summed E-state index contributed by atoms with van der Waals surface area (Å²) in [6, 6.07) is 13.2. The fourth-order valence-electron chi connectivity index (χ4n) is 3.40. The number of imidazole rings is 1. The SMILES string of the molecule is COC(=O)C(C)/N=C1\NC(=S)N(c2ccc3[nH]cnc3c2)C1c1ccc(C)cc1. The van der Waals surface area contributed by atoms with Crippen LogP contribution in [0.15, 0.2) is 53.8 Å². The average Bonchev–Trinajstić information content (AvgIpc) is 3.31. The van der Waals surface area contributed by atoms with E-state index in [0.29, 0.717) is 10.9 Å². The maximum atomic E-state index is 11.9.